The first-order chi connectivity index (χ1) is 9.65. The number of aryl methyl sites for hydroxylation is 1. The van der Waals surface area contributed by atoms with Gasteiger partial charge in [0.15, 0.2) is 0 Å². The first-order valence-electron chi connectivity index (χ1n) is 6.79. The van der Waals surface area contributed by atoms with E-state index in [1.807, 2.05) is 43.3 Å². The van der Waals surface area contributed by atoms with Gasteiger partial charge in [-0.25, -0.2) is 4.39 Å². The van der Waals surface area contributed by atoms with E-state index in [4.69, 9.17) is 4.74 Å². The van der Waals surface area contributed by atoms with Crippen molar-refractivity contribution in [3.05, 3.63) is 65.0 Å². The molecule has 0 amide bonds. The van der Waals surface area contributed by atoms with Gasteiger partial charge in [-0.1, -0.05) is 31.2 Å². The van der Waals surface area contributed by atoms with Crippen molar-refractivity contribution in [3.63, 3.8) is 0 Å². The van der Waals surface area contributed by atoms with Crippen LogP contribution < -0.4 is 10.1 Å². The summed E-state index contributed by atoms with van der Waals surface area (Å²) in [6, 6.07) is 13.2. The molecule has 20 heavy (non-hydrogen) atoms. The summed E-state index contributed by atoms with van der Waals surface area (Å²) in [5, 5.41) is 3.39. The SMILES string of the molecule is CCNC(c1cccc(OC)c1)c1ccc(C)c(F)c1. The first-order valence-corrected chi connectivity index (χ1v) is 6.79. The van der Waals surface area contributed by atoms with Crippen molar-refractivity contribution in [2.45, 2.75) is 19.9 Å². The van der Waals surface area contributed by atoms with Gasteiger partial charge in [-0.15, -0.1) is 0 Å². The van der Waals surface area contributed by atoms with Crippen LogP contribution in [0.25, 0.3) is 0 Å². The molecule has 0 aromatic heterocycles. The molecule has 0 aliphatic carbocycles. The molecule has 1 unspecified atom stereocenters. The summed E-state index contributed by atoms with van der Waals surface area (Å²) in [5.74, 6) is 0.631. The lowest BCUT2D eigenvalue weighted by Gasteiger charge is -2.20. The third-order valence-corrected chi connectivity index (χ3v) is 3.36. The summed E-state index contributed by atoms with van der Waals surface area (Å²) in [6.07, 6.45) is 0. The topological polar surface area (TPSA) is 21.3 Å². The molecule has 3 heteroatoms. The highest BCUT2D eigenvalue weighted by Crippen LogP contribution is 2.26. The average Bonchev–Trinajstić information content (AvgIpc) is 2.48. The fraction of sp³-hybridized carbons (Fsp3) is 0.294. The van der Waals surface area contributed by atoms with Gasteiger partial charge in [0.05, 0.1) is 13.2 Å². The standard InChI is InChI=1S/C17H20FNO/c1-4-19-17(13-6-5-7-15(10-13)20-3)14-9-8-12(2)16(18)11-14/h5-11,17,19H,4H2,1-3H3. The Kier molecular flexibility index (Phi) is 4.74. The van der Waals surface area contributed by atoms with E-state index in [1.54, 1.807) is 20.1 Å². The van der Waals surface area contributed by atoms with Gasteiger partial charge < -0.3 is 10.1 Å². The van der Waals surface area contributed by atoms with Crippen LogP contribution in [-0.4, -0.2) is 13.7 Å². The molecule has 106 valence electrons. The van der Waals surface area contributed by atoms with E-state index in [1.165, 1.54) is 0 Å². The van der Waals surface area contributed by atoms with Crippen LogP contribution in [0.3, 0.4) is 0 Å². The van der Waals surface area contributed by atoms with Gasteiger partial charge in [0.1, 0.15) is 11.6 Å². The lowest BCUT2D eigenvalue weighted by molar-refractivity contribution is 0.413. The van der Waals surface area contributed by atoms with Crippen LogP contribution in [0.1, 0.15) is 29.7 Å². The number of benzene rings is 2. The second-order valence-electron chi connectivity index (χ2n) is 4.78. The predicted octanol–water partition coefficient (Wildman–Crippen LogP) is 3.84. The molecule has 0 heterocycles. The Labute approximate surface area is 119 Å². The molecule has 2 aromatic rings. The average molecular weight is 273 g/mol. The van der Waals surface area contributed by atoms with E-state index in [0.29, 0.717) is 5.56 Å². The molecule has 2 nitrogen and oxygen atoms in total. The minimum atomic E-state index is -0.173. The maximum atomic E-state index is 13.8. The molecule has 0 fully saturated rings. The smallest absolute Gasteiger partial charge is 0.126 e. The molecule has 0 bridgehead atoms. The molecular formula is C17H20FNO. The number of halogens is 1. The number of ether oxygens (including phenoxy) is 1. The molecule has 1 atom stereocenters. The first kappa shape index (κ1) is 14.5. The molecule has 0 aliphatic heterocycles. The van der Waals surface area contributed by atoms with Crippen LogP contribution in [-0.2, 0) is 0 Å². The maximum Gasteiger partial charge on any atom is 0.126 e. The van der Waals surface area contributed by atoms with Gasteiger partial charge in [-0.2, -0.15) is 0 Å². The molecule has 1 N–H and O–H groups in total. The van der Waals surface area contributed by atoms with E-state index in [9.17, 15) is 4.39 Å². The fourth-order valence-electron chi connectivity index (χ4n) is 2.24. The molecule has 0 aliphatic rings. The van der Waals surface area contributed by atoms with Crippen molar-refractivity contribution in [1.29, 1.82) is 0 Å². The van der Waals surface area contributed by atoms with Crippen molar-refractivity contribution in [2.24, 2.45) is 0 Å². The minimum absolute atomic E-state index is 0.0369. The van der Waals surface area contributed by atoms with Crippen molar-refractivity contribution in [2.75, 3.05) is 13.7 Å². The summed E-state index contributed by atoms with van der Waals surface area (Å²) in [5.41, 5.74) is 2.65. The van der Waals surface area contributed by atoms with Crippen molar-refractivity contribution in [1.82, 2.24) is 5.32 Å². The Bertz CT molecular complexity index is 583. The third-order valence-electron chi connectivity index (χ3n) is 3.36. The zero-order valence-corrected chi connectivity index (χ0v) is 12.1. The Morgan fingerprint density at radius 1 is 1.15 bits per heavy atom. The Hall–Kier alpha value is -1.87. The molecule has 2 aromatic carbocycles. The predicted molar refractivity (Wildman–Crippen MR) is 79.7 cm³/mol. The highest BCUT2D eigenvalue weighted by atomic mass is 19.1. The lowest BCUT2D eigenvalue weighted by Crippen LogP contribution is -2.22. The highest BCUT2D eigenvalue weighted by Gasteiger charge is 2.14. The number of hydrogen-bond acceptors (Lipinski definition) is 2. The largest absolute Gasteiger partial charge is 0.497 e. The fourth-order valence-corrected chi connectivity index (χ4v) is 2.24. The third kappa shape index (κ3) is 3.17. The van der Waals surface area contributed by atoms with Crippen LogP contribution in [0.2, 0.25) is 0 Å². The van der Waals surface area contributed by atoms with Crippen LogP contribution in [0.5, 0.6) is 5.75 Å². The number of hydrogen-bond donors (Lipinski definition) is 1. The molecule has 0 radical (unpaired) electrons. The Balaban J connectivity index is 2.41. The molecular weight excluding hydrogens is 253 g/mol. The van der Waals surface area contributed by atoms with Gasteiger partial charge in [-0.3, -0.25) is 0 Å². The number of methoxy groups -OCH3 is 1. The zero-order chi connectivity index (χ0) is 14.5. The Morgan fingerprint density at radius 3 is 2.55 bits per heavy atom. The van der Waals surface area contributed by atoms with Gasteiger partial charge in [-0.05, 0) is 48.4 Å². The Morgan fingerprint density at radius 2 is 1.90 bits per heavy atom. The van der Waals surface area contributed by atoms with Crippen molar-refractivity contribution in [3.8, 4) is 5.75 Å². The van der Waals surface area contributed by atoms with E-state index in [0.717, 1.165) is 23.4 Å². The summed E-state index contributed by atoms with van der Waals surface area (Å²) in [7, 11) is 1.65. The summed E-state index contributed by atoms with van der Waals surface area (Å²) in [4.78, 5) is 0. The van der Waals surface area contributed by atoms with Crippen LogP contribution in [0.15, 0.2) is 42.5 Å². The quantitative estimate of drug-likeness (QED) is 0.893. The normalized spacial score (nSPS) is 12.2. The van der Waals surface area contributed by atoms with Gasteiger partial charge in [0.25, 0.3) is 0 Å². The molecule has 2 rings (SSSR count). The van der Waals surface area contributed by atoms with Gasteiger partial charge in [0.2, 0.25) is 0 Å². The zero-order valence-electron chi connectivity index (χ0n) is 12.1. The number of rotatable bonds is 5. The maximum absolute atomic E-state index is 13.8. The van der Waals surface area contributed by atoms with Crippen LogP contribution in [0.4, 0.5) is 4.39 Å². The summed E-state index contributed by atoms with van der Waals surface area (Å²) in [6.45, 7) is 4.61. The summed E-state index contributed by atoms with van der Waals surface area (Å²) >= 11 is 0. The second kappa shape index (κ2) is 6.53. The number of nitrogens with one attached hydrogen (secondary N) is 1. The minimum Gasteiger partial charge on any atom is -0.497 e. The van der Waals surface area contributed by atoms with Gasteiger partial charge >= 0.3 is 0 Å². The van der Waals surface area contributed by atoms with E-state index < -0.39 is 0 Å². The van der Waals surface area contributed by atoms with Crippen molar-refractivity contribution < 1.29 is 9.13 Å². The van der Waals surface area contributed by atoms with E-state index >= 15 is 0 Å². The highest BCUT2D eigenvalue weighted by molar-refractivity contribution is 5.37. The second-order valence-corrected chi connectivity index (χ2v) is 4.78. The molecule has 0 spiro atoms. The van der Waals surface area contributed by atoms with E-state index in [-0.39, 0.29) is 11.9 Å². The van der Waals surface area contributed by atoms with Gasteiger partial charge in [0, 0.05) is 0 Å². The summed E-state index contributed by atoms with van der Waals surface area (Å²) < 4.78 is 19.0. The van der Waals surface area contributed by atoms with Crippen LogP contribution >= 0.6 is 0 Å². The molecule has 0 saturated heterocycles. The van der Waals surface area contributed by atoms with Crippen LogP contribution in [0, 0.1) is 12.7 Å². The molecule has 0 saturated carbocycles. The van der Waals surface area contributed by atoms with E-state index in [2.05, 4.69) is 5.32 Å². The monoisotopic (exact) mass is 273 g/mol. The van der Waals surface area contributed by atoms with Crippen molar-refractivity contribution >= 4 is 0 Å². The lowest BCUT2D eigenvalue weighted by atomic mass is 9.97.